The first-order valence-electron chi connectivity index (χ1n) is 5.03. The molecule has 0 aliphatic rings. The maximum Gasteiger partial charge on any atom is 0.258 e. The normalized spacial score (nSPS) is 10.2. The number of furan rings is 1. The van der Waals surface area contributed by atoms with E-state index in [-0.39, 0.29) is 5.91 Å². The molecule has 0 aliphatic heterocycles. The number of anilines is 1. The van der Waals surface area contributed by atoms with E-state index in [4.69, 9.17) is 10.2 Å². The van der Waals surface area contributed by atoms with E-state index in [9.17, 15) is 4.79 Å². The molecule has 0 bridgehead atoms. The van der Waals surface area contributed by atoms with Crippen LogP contribution in [0, 0.1) is 3.57 Å². The van der Waals surface area contributed by atoms with Crippen LogP contribution < -0.4 is 11.1 Å². The predicted octanol–water partition coefficient (Wildman–Crippen LogP) is 2.60. The first-order chi connectivity index (χ1) is 8.20. The summed E-state index contributed by atoms with van der Waals surface area (Å²) >= 11 is 2.20. The van der Waals surface area contributed by atoms with Crippen molar-refractivity contribution in [2.24, 2.45) is 5.73 Å². The van der Waals surface area contributed by atoms with Gasteiger partial charge in [0.2, 0.25) is 0 Å². The Hall–Kier alpha value is -1.34. The lowest BCUT2D eigenvalue weighted by Gasteiger charge is -2.06. The number of nitrogens with two attached hydrogens (primary N) is 1. The average Bonchev–Trinajstić information content (AvgIpc) is 2.82. The highest BCUT2D eigenvalue weighted by molar-refractivity contribution is 14.1. The van der Waals surface area contributed by atoms with Crippen LogP contribution in [0.1, 0.15) is 15.9 Å². The van der Waals surface area contributed by atoms with Crippen molar-refractivity contribution in [3.8, 4) is 0 Å². The second-order valence-corrected chi connectivity index (χ2v) is 4.64. The molecule has 2 aromatic rings. The molecule has 0 radical (unpaired) electrons. The number of hydrogen-bond acceptors (Lipinski definition) is 3. The highest BCUT2D eigenvalue weighted by Crippen LogP contribution is 2.18. The van der Waals surface area contributed by atoms with Crippen LogP contribution in [0.25, 0.3) is 0 Å². The van der Waals surface area contributed by atoms with Crippen molar-refractivity contribution in [2.75, 3.05) is 5.32 Å². The monoisotopic (exact) mass is 342 g/mol. The van der Waals surface area contributed by atoms with Crippen LogP contribution in [0.4, 0.5) is 5.69 Å². The zero-order chi connectivity index (χ0) is 12.3. The van der Waals surface area contributed by atoms with Gasteiger partial charge in [-0.25, -0.2) is 0 Å². The fourth-order valence-electron chi connectivity index (χ4n) is 1.39. The van der Waals surface area contributed by atoms with E-state index in [1.54, 1.807) is 6.07 Å². The molecule has 0 unspecified atom stereocenters. The molecule has 0 spiro atoms. The summed E-state index contributed by atoms with van der Waals surface area (Å²) < 4.78 is 5.89. The van der Waals surface area contributed by atoms with Gasteiger partial charge in [-0.15, -0.1) is 0 Å². The largest absolute Gasteiger partial charge is 0.472 e. The lowest BCUT2D eigenvalue weighted by Crippen LogP contribution is -2.11. The summed E-state index contributed by atoms with van der Waals surface area (Å²) in [6, 6.07) is 7.25. The van der Waals surface area contributed by atoms with Crippen molar-refractivity contribution in [1.29, 1.82) is 0 Å². The summed E-state index contributed by atoms with van der Waals surface area (Å²) in [5.41, 5.74) is 7.89. The summed E-state index contributed by atoms with van der Waals surface area (Å²) in [5.74, 6) is -0.185. The fourth-order valence-corrected chi connectivity index (χ4v) is 2.12. The molecule has 17 heavy (non-hydrogen) atoms. The van der Waals surface area contributed by atoms with E-state index in [0.29, 0.717) is 12.1 Å². The number of hydrogen-bond donors (Lipinski definition) is 2. The molecule has 1 heterocycles. The van der Waals surface area contributed by atoms with Gasteiger partial charge in [-0.3, -0.25) is 4.79 Å². The Morgan fingerprint density at radius 1 is 1.41 bits per heavy atom. The Labute approximate surface area is 112 Å². The Bertz CT molecular complexity index is 523. The molecule has 1 aromatic carbocycles. The maximum atomic E-state index is 11.7. The number of carbonyl (C=O) groups is 1. The molecule has 0 atom stereocenters. The highest BCUT2D eigenvalue weighted by atomic mass is 127. The second kappa shape index (κ2) is 5.33. The lowest BCUT2D eigenvalue weighted by atomic mass is 10.2. The fraction of sp³-hybridized carbons (Fsp3) is 0.0833. The van der Waals surface area contributed by atoms with Crippen LogP contribution in [0.2, 0.25) is 0 Å². The van der Waals surface area contributed by atoms with Crippen LogP contribution in [-0.2, 0) is 6.54 Å². The van der Waals surface area contributed by atoms with Gasteiger partial charge in [0.25, 0.3) is 5.91 Å². The number of rotatable bonds is 3. The molecule has 1 aromatic heterocycles. The van der Waals surface area contributed by atoms with Crippen molar-refractivity contribution in [1.82, 2.24) is 0 Å². The first-order valence-corrected chi connectivity index (χ1v) is 6.10. The summed E-state index contributed by atoms with van der Waals surface area (Å²) in [6.07, 6.45) is 2.88. The Morgan fingerprint density at radius 3 is 2.82 bits per heavy atom. The summed E-state index contributed by atoms with van der Waals surface area (Å²) in [6.45, 7) is 0.494. The number of benzene rings is 1. The smallest absolute Gasteiger partial charge is 0.258 e. The Morgan fingerprint density at radius 2 is 2.24 bits per heavy atom. The van der Waals surface area contributed by atoms with E-state index in [1.165, 1.54) is 12.5 Å². The van der Waals surface area contributed by atoms with Gasteiger partial charge in [0.1, 0.15) is 6.26 Å². The molecule has 2 rings (SSSR count). The van der Waals surface area contributed by atoms with Crippen LogP contribution in [0.3, 0.4) is 0 Å². The second-order valence-electron chi connectivity index (χ2n) is 3.48. The zero-order valence-corrected chi connectivity index (χ0v) is 11.1. The number of amides is 1. The number of halogens is 1. The van der Waals surface area contributed by atoms with Crippen LogP contribution in [0.15, 0.2) is 41.2 Å². The molecule has 0 aliphatic carbocycles. The summed E-state index contributed by atoms with van der Waals surface area (Å²) in [4.78, 5) is 11.7. The van der Waals surface area contributed by atoms with Crippen molar-refractivity contribution in [3.63, 3.8) is 0 Å². The molecule has 0 saturated carbocycles. The SMILES string of the molecule is NCc1ccc(NC(=O)c2ccoc2)cc1I. The van der Waals surface area contributed by atoms with E-state index in [1.807, 2.05) is 18.2 Å². The molecular weight excluding hydrogens is 331 g/mol. The minimum Gasteiger partial charge on any atom is -0.472 e. The molecule has 0 fully saturated rings. The zero-order valence-electron chi connectivity index (χ0n) is 8.94. The standard InChI is InChI=1S/C12H11IN2O2/c13-11-5-10(2-1-8(11)6-14)15-12(16)9-3-4-17-7-9/h1-5,7H,6,14H2,(H,15,16). The summed E-state index contributed by atoms with van der Waals surface area (Å²) in [7, 11) is 0. The van der Waals surface area contributed by atoms with Gasteiger partial charge >= 0.3 is 0 Å². The van der Waals surface area contributed by atoms with Crippen molar-refractivity contribution in [2.45, 2.75) is 6.54 Å². The van der Waals surface area contributed by atoms with Gasteiger partial charge in [-0.2, -0.15) is 0 Å². The molecule has 1 amide bonds. The van der Waals surface area contributed by atoms with Gasteiger partial charge in [0, 0.05) is 15.8 Å². The van der Waals surface area contributed by atoms with Crippen LogP contribution in [-0.4, -0.2) is 5.91 Å². The molecule has 3 N–H and O–H groups in total. The van der Waals surface area contributed by atoms with Gasteiger partial charge in [0.15, 0.2) is 0 Å². The molecule has 5 heteroatoms. The molecule has 0 saturated heterocycles. The van der Waals surface area contributed by atoms with E-state index in [2.05, 4.69) is 27.9 Å². The predicted molar refractivity (Wildman–Crippen MR) is 73.7 cm³/mol. The van der Waals surface area contributed by atoms with E-state index >= 15 is 0 Å². The third-order valence-corrected chi connectivity index (χ3v) is 3.32. The first kappa shape index (κ1) is 12.1. The van der Waals surface area contributed by atoms with Crippen molar-refractivity contribution < 1.29 is 9.21 Å². The van der Waals surface area contributed by atoms with Gasteiger partial charge in [-0.05, 0) is 46.4 Å². The van der Waals surface area contributed by atoms with Crippen molar-refractivity contribution >= 4 is 34.2 Å². The van der Waals surface area contributed by atoms with Gasteiger partial charge in [0.05, 0.1) is 11.8 Å². The summed E-state index contributed by atoms with van der Waals surface area (Å²) in [5, 5.41) is 2.79. The number of carbonyl (C=O) groups excluding carboxylic acids is 1. The third kappa shape index (κ3) is 2.86. The van der Waals surface area contributed by atoms with Gasteiger partial charge in [-0.1, -0.05) is 6.07 Å². The Kier molecular flexibility index (Phi) is 3.80. The molecule has 88 valence electrons. The van der Waals surface area contributed by atoms with Crippen LogP contribution in [0.5, 0.6) is 0 Å². The van der Waals surface area contributed by atoms with Crippen LogP contribution >= 0.6 is 22.6 Å². The Balaban J connectivity index is 2.14. The maximum absolute atomic E-state index is 11.7. The number of nitrogens with one attached hydrogen (secondary N) is 1. The highest BCUT2D eigenvalue weighted by Gasteiger charge is 2.08. The van der Waals surface area contributed by atoms with Gasteiger partial charge < -0.3 is 15.5 Å². The van der Waals surface area contributed by atoms with E-state index < -0.39 is 0 Å². The lowest BCUT2D eigenvalue weighted by molar-refractivity contribution is 0.102. The molecule has 4 nitrogen and oxygen atoms in total. The minimum atomic E-state index is -0.185. The average molecular weight is 342 g/mol. The third-order valence-electron chi connectivity index (χ3n) is 2.31. The topological polar surface area (TPSA) is 68.3 Å². The minimum absolute atomic E-state index is 0.185. The van der Waals surface area contributed by atoms with Crippen molar-refractivity contribution in [3.05, 3.63) is 51.5 Å². The molecular formula is C12H11IN2O2. The van der Waals surface area contributed by atoms with E-state index in [0.717, 1.165) is 14.8 Å². The quantitative estimate of drug-likeness (QED) is 0.843.